The van der Waals surface area contributed by atoms with E-state index >= 15 is 0 Å². The summed E-state index contributed by atoms with van der Waals surface area (Å²) < 4.78 is 80.3. The van der Waals surface area contributed by atoms with Crippen LogP contribution in [0.15, 0.2) is 66.7 Å². The maximum atomic E-state index is 13.7. The molecule has 1 aliphatic carbocycles. The van der Waals surface area contributed by atoms with Gasteiger partial charge in [-0.3, -0.25) is 19.4 Å². The molecule has 3 aliphatic heterocycles. The van der Waals surface area contributed by atoms with Crippen LogP contribution in [-0.4, -0.2) is 97.8 Å². The fourth-order valence-corrected chi connectivity index (χ4v) is 8.60. The number of amides is 2. The molecule has 2 amide bonds. The molecule has 2 unspecified atom stereocenters. The highest BCUT2D eigenvalue weighted by Gasteiger charge is 2.65. The highest BCUT2D eigenvalue weighted by atomic mass is 32.2. The average molecular weight is 743 g/mol. The Labute approximate surface area is 300 Å². The Morgan fingerprint density at radius 1 is 1.12 bits per heavy atom. The third-order valence-electron chi connectivity index (χ3n) is 10.3. The Morgan fingerprint density at radius 2 is 1.87 bits per heavy atom. The number of amidine groups is 1. The van der Waals surface area contributed by atoms with Crippen molar-refractivity contribution in [2.24, 2.45) is 10.4 Å². The smallest absolute Gasteiger partial charge is 0.416 e. The van der Waals surface area contributed by atoms with Gasteiger partial charge in [-0.2, -0.15) is 13.2 Å². The van der Waals surface area contributed by atoms with E-state index in [4.69, 9.17) is 9.47 Å². The van der Waals surface area contributed by atoms with Gasteiger partial charge in [0, 0.05) is 30.8 Å². The zero-order valence-electron chi connectivity index (χ0n) is 28.8. The number of rotatable bonds is 13. The minimum Gasteiger partial charge on any atom is -0.493 e. The molecule has 15 heteroatoms. The molecule has 2 spiro atoms. The second-order valence-electron chi connectivity index (χ2n) is 13.8. The Morgan fingerprint density at radius 3 is 2.54 bits per heavy atom. The lowest BCUT2D eigenvalue weighted by atomic mass is 9.89. The number of halogens is 3. The number of benzene rings is 2. The summed E-state index contributed by atoms with van der Waals surface area (Å²) in [6, 6.07) is 8.24. The van der Waals surface area contributed by atoms with E-state index in [1.54, 1.807) is 37.3 Å². The molecule has 1 saturated carbocycles. The molecule has 0 bridgehead atoms. The van der Waals surface area contributed by atoms with E-state index in [1.165, 1.54) is 15.3 Å². The molecule has 3 heterocycles. The summed E-state index contributed by atoms with van der Waals surface area (Å²) in [5.74, 6) is -1.03. The standard InChI is InChI=1S/C37H41F3N4O7S/c1-4-6-15-50-29-19-27(18-28(20-29)37(38,39)40)32-41-34(47)36(42-32)10-12-44(13-11-36)52(48,49)16-9-25-7-8-26(17-24(25)3)33(46)43-22-30(45)35(23-43)21-31(35)51-14-5-2/h4-5,7-8,17-20,31H,1-2,6,9-16,21-23H2,3H3,(H,41,42,47). The number of nitrogens with one attached hydrogen (secondary N) is 1. The molecular weight excluding hydrogens is 701 g/mol. The molecule has 4 aliphatic rings. The number of hydrogen-bond acceptors (Lipinski definition) is 8. The van der Waals surface area contributed by atoms with E-state index < -0.39 is 38.6 Å². The van der Waals surface area contributed by atoms with Crippen LogP contribution < -0.4 is 10.1 Å². The zero-order valence-corrected chi connectivity index (χ0v) is 29.7. The van der Waals surface area contributed by atoms with Crippen LogP contribution in [0.5, 0.6) is 5.75 Å². The fraction of sp³-hybridized carbons (Fsp3) is 0.459. The van der Waals surface area contributed by atoms with Crippen LogP contribution in [0.3, 0.4) is 0 Å². The SMILES string of the molecule is C=CCCOc1cc(C2=NC3(CCN(S(=O)(=O)CCc4ccc(C(=O)N5CC(=O)C6(CC6OCC=C)C5)cc4C)CC3)C(=O)N2)cc(C(F)(F)F)c1. The summed E-state index contributed by atoms with van der Waals surface area (Å²) >= 11 is 0. The molecule has 1 N–H and O–H groups in total. The van der Waals surface area contributed by atoms with Crippen molar-refractivity contribution in [2.75, 3.05) is 45.1 Å². The molecule has 0 radical (unpaired) electrons. The number of sulfonamides is 1. The van der Waals surface area contributed by atoms with Crippen molar-refractivity contribution in [3.05, 3.63) is 89.5 Å². The Bertz CT molecular complexity index is 1940. The fourth-order valence-electron chi connectivity index (χ4n) is 7.12. The first-order valence-corrected chi connectivity index (χ1v) is 18.7. The number of Topliss-reactive ketones (excluding diaryl/α,β-unsaturated/α-hetero) is 1. The van der Waals surface area contributed by atoms with Crippen LogP contribution >= 0.6 is 0 Å². The van der Waals surface area contributed by atoms with Crippen LogP contribution in [0.4, 0.5) is 13.2 Å². The molecule has 2 atom stereocenters. The number of ketones is 1. The van der Waals surface area contributed by atoms with Crippen LogP contribution in [0.2, 0.25) is 0 Å². The number of aliphatic imine (C=N–C) groups is 1. The van der Waals surface area contributed by atoms with Gasteiger partial charge in [0.1, 0.15) is 17.1 Å². The summed E-state index contributed by atoms with van der Waals surface area (Å²) in [5, 5.41) is 2.61. The van der Waals surface area contributed by atoms with Gasteiger partial charge >= 0.3 is 6.18 Å². The highest BCUT2D eigenvalue weighted by molar-refractivity contribution is 7.89. The molecule has 6 rings (SSSR count). The summed E-state index contributed by atoms with van der Waals surface area (Å²) in [6.07, 6.45) is -0.354. The summed E-state index contributed by atoms with van der Waals surface area (Å²) in [7, 11) is -3.76. The molecular formula is C37H41F3N4O7S. The number of alkyl halides is 3. The van der Waals surface area contributed by atoms with Gasteiger partial charge in [-0.1, -0.05) is 18.2 Å². The predicted octanol–water partition coefficient (Wildman–Crippen LogP) is 4.24. The summed E-state index contributed by atoms with van der Waals surface area (Å²) in [6.45, 7) is 9.81. The number of carbonyl (C=O) groups is 3. The maximum Gasteiger partial charge on any atom is 0.416 e. The van der Waals surface area contributed by atoms with Gasteiger partial charge in [-0.15, -0.1) is 13.2 Å². The van der Waals surface area contributed by atoms with Crippen LogP contribution in [-0.2, 0) is 36.9 Å². The number of carbonyl (C=O) groups excluding carboxylic acids is 3. The van der Waals surface area contributed by atoms with Gasteiger partial charge in [-0.05, 0) is 80.5 Å². The van der Waals surface area contributed by atoms with E-state index in [1.807, 2.05) is 0 Å². The molecule has 0 aromatic heterocycles. The van der Waals surface area contributed by atoms with E-state index in [0.717, 1.165) is 23.3 Å². The van der Waals surface area contributed by atoms with E-state index in [9.17, 15) is 36.0 Å². The van der Waals surface area contributed by atoms with Crippen LogP contribution in [0.25, 0.3) is 0 Å². The Balaban J connectivity index is 1.07. The van der Waals surface area contributed by atoms with Gasteiger partial charge in [0.05, 0.1) is 42.6 Å². The largest absolute Gasteiger partial charge is 0.493 e. The third-order valence-corrected chi connectivity index (χ3v) is 12.2. The van der Waals surface area contributed by atoms with Crippen LogP contribution in [0.1, 0.15) is 58.3 Å². The molecule has 2 aromatic carbocycles. The van der Waals surface area contributed by atoms with Crippen molar-refractivity contribution < 1.29 is 45.4 Å². The van der Waals surface area contributed by atoms with Crippen LogP contribution in [0, 0.1) is 12.3 Å². The maximum absolute atomic E-state index is 13.7. The lowest BCUT2D eigenvalue weighted by molar-refractivity contribution is -0.137. The summed E-state index contributed by atoms with van der Waals surface area (Å²) in [5.41, 5.74) is -0.957. The lowest BCUT2D eigenvalue weighted by Gasteiger charge is -2.34. The molecule has 11 nitrogen and oxygen atoms in total. The van der Waals surface area contributed by atoms with Gasteiger partial charge in [0.25, 0.3) is 11.8 Å². The zero-order chi connectivity index (χ0) is 37.5. The van der Waals surface area contributed by atoms with Crippen molar-refractivity contribution in [1.29, 1.82) is 0 Å². The second kappa shape index (κ2) is 14.2. The number of likely N-dealkylation sites (tertiary alicyclic amines) is 1. The van der Waals surface area contributed by atoms with E-state index in [2.05, 4.69) is 23.5 Å². The Hall–Kier alpha value is -4.34. The van der Waals surface area contributed by atoms with Gasteiger partial charge in [-0.25, -0.2) is 12.7 Å². The second-order valence-corrected chi connectivity index (χ2v) is 15.9. The first kappa shape index (κ1) is 37.4. The number of nitrogens with zero attached hydrogens (tertiary/aromatic N) is 3. The Kier molecular flexibility index (Phi) is 10.2. The number of piperidine rings is 1. The molecule has 2 saturated heterocycles. The van der Waals surface area contributed by atoms with Gasteiger partial charge in [0.15, 0.2) is 5.78 Å². The number of hydrogen-bond donors (Lipinski definition) is 1. The third kappa shape index (κ3) is 7.44. The number of aryl methyl sites for hydroxylation is 2. The van der Waals surface area contributed by atoms with Crippen molar-refractivity contribution in [2.45, 2.75) is 56.8 Å². The van der Waals surface area contributed by atoms with E-state index in [-0.39, 0.29) is 86.2 Å². The monoisotopic (exact) mass is 742 g/mol. The minimum absolute atomic E-state index is 0.00666. The quantitative estimate of drug-likeness (QED) is 0.240. The minimum atomic E-state index is -4.66. The van der Waals surface area contributed by atoms with Crippen molar-refractivity contribution in [3.63, 3.8) is 0 Å². The van der Waals surface area contributed by atoms with Gasteiger partial charge < -0.3 is 19.7 Å². The van der Waals surface area contributed by atoms with Crippen molar-refractivity contribution in [3.8, 4) is 5.75 Å². The van der Waals surface area contributed by atoms with E-state index in [0.29, 0.717) is 31.6 Å². The molecule has 3 fully saturated rings. The first-order valence-electron chi connectivity index (χ1n) is 17.1. The molecule has 2 aromatic rings. The van der Waals surface area contributed by atoms with Crippen molar-refractivity contribution in [1.82, 2.24) is 14.5 Å². The first-order chi connectivity index (χ1) is 24.6. The highest BCUT2D eigenvalue weighted by Crippen LogP contribution is 2.53. The van der Waals surface area contributed by atoms with Gasteiger partial charge in [0.2, 0.25) is 10.0 Å². The lowest BCUT2D eigenvalue weighted by Crippen LogP contribution is -2.50. The predicted molar refractivity (Wildman–Crippen MR) is 187 cm³/mol. The average Bonchev–Trinajstić information content (AvgIpc) is 3.58. The summed E-state index contributed by atoms with van der Waals surface area (Å²) in [4.78, 5) is 45.3. The van der Waals surface area contributed by atoms with Crippen molar-refractivity contribution >= 4 is 33.5 Å². The topological polar surface area (TPSA) is 135 Å². The molecule has 278 valence electrons. The molecule has 52 heavy (non-hydrogen) atoms. The normalized spacial score (nSPS) is 22.8. The number of ether oxygens (including phenoxy) is 2.